The minimum atomic E-state index is -4.50. The van der Waals surface area contributed by atoms with Gasteiger partial charge in [0.15, 0.2) is 0 Å². The molecular formula is C13H11F3N2O2. The molecule has 0 fully saturated rings. The van der Waals surface area contributed by atoms with E-state index in [1.54, 1.807) is 0 Å². The molecule has 0 radical (unpaired) electrons. The Balaban J connectivity index is 2.36. The summed E-state index contributed by atoms with van der Waals surface area (Å²) in [6.45, 7) is 0.147. The molecular weight excluding hydrogens is 273 g/mol. The number of aromatic amines is 1. The van der Waals surface area contributed by atoms with Crippen LogP contribution in [0.15, 0.2) is 36.8 Å². The van der Waals surface area contributed by atoms with Gasteiger partial charge in [-0.05, 0) is 6.07 Å². The van der Waals surface area contributed by atoms with Crippen molar-refractivity contribution >= 4 is 6.47 Å². The van der Waals surface area contributed by atoms with Crippen LogP contribution in [0.1, 0.15) is 22.9 Å². The van der Waals surface area contributed by atoms with Crippen LogP contribution in [0.2, 0.25) is 0 Å². The van der Waals surface area contributed by atoms with Gasteiger partial charge in [-0.25, -0.2) is 4.98 Å². The minimum Gasteiger partial charge on any atom is -0.459 e. The summed E-state index contributed by atoms with van der Waals surface area (Å²) in [4.78, 5) is 17.1. The standard InChI is InChI=1S/C13H11F3N2O2/c14-13(15,16)11-4-2-1-3-10(11)12(20-8-19)5-9-6-17-7-18-9/h1-4,6-8,12H,5H2,(H,17,18). The van der Waals surface area contributed by atoms with Gasteiger partial charge < -0.3 is 9.72 Å². The Kier molecular flexibility index (Phi) is 4.07. The van der Waals surface area contributed by atoms with E-state index in [0.717, 1.165) is 6.07 Å². The van der Waals surface area contributed by atoms with E-state index in [1.165, 1.54) is 30.7 Å². The molecule has 0 saturated carbocycles. The Morgan fingerprint density at radius 1 is 1.35 bits per heavy atom. The first kappa shape index (κ1) is 14.1. The van der Waals surface area contributed by atoms with Crippen LogP contribution in [0.4, 0.5) is 13.2 Å². The van der Waals surface area contributed by atoms with Crippen LogP contribution < -0.4 is 0 Å². The van der Waals surface area contributed by atoms with E-state index in [9.17, 15) is 18.0 Å². The molecule has 106 valence electrons. The fourth-order valence-corrected chi connectivity index (χ4v) is 1.93. The van der Waals surface area contributed by atoms with Crippen LogP contribution in [0, 0.1) is 0 Å². The maximum atomic E-state index is 13.0. The number of rotatable bonds is 5. The molecule has 0 bridgehead atoms. The zero-order valence-corrected chi connectivity index (χ0v) is 10.2. The second-order valence-corrected chi connectivity index (χ2v) is 4.09. The molecule has 0 aliphatic heterocycles. The SMILES string of the molecule is O=COC(Cc1cnc[nH]1)c1ccccc1C(F)(F)F. The van der Waals surface area contributed by atoms with Crippen LogP contribution in [0.25, 0.3) is 0 Å². The van der Waals surface area contributed by atoms with Crippen molar-refractivity contribution in [3.63, 3.8) is 0 Å². The number of H-pyrrole nitrogens is 1. The predicted molar refractivity (Wildman–Crippen MR) is 63.6 cm³/mol. The summed E-state index contributed by atoms with van der Waals surface area (Å²) in [5, 5.41) is 0. The van der Waals surface area contributed by atoms with Crippen molar-refractivity contribution in [2.75, 3.05) is 0 Å². The summed E-state index contributed by atoms with van der Waals surface area (Å²) in [7, 11) is 0. The summed E-state index contributed by atoms with van der Waals surface area (Å²) < 4.78 is 43.7. The maximum Gasteiger partial charge on any atom is 0.416 e. The van der Waals surface area contributed by atoms with Crippen LogP contribution in [-0.2, 0) is 22.1 Å². The highest BCUT2D eigenvalue weighted by Gasteiger charge is 2.35. The van der Waals surface area contributed by atoms with E-state index in [-0.39, 0.29) is 18.5 Å². The zero-order valence-electron chi connectivity index (χ0n) is 10.2. The number of halogens is 3. The van der Waals surface area contributed by atoms with Gasteiger partial charge in [-0.3, -0.25) is 4.79 Å². The van der Waals surface area contributed by atoms with Crippen LogP contribution in [0.5, 0.6) is 0 Å². The Labute approximate surface area is 112 Å². The second-order valence-electron chi connectivity index (χ2n) is 4.09. The number of aromatic nitrogens is 2. The Morgan fingerprint density at radius 2 is 2.10 bits per heavy atom. The quantitative estimate of drug-likeness (QED) is 0.859. The number of carbonyl (C=O) groups excluding carboxylic acids is 1. The Hall–Kier alpha value is -2.31. The average Bonchev–Trinajstić information content (AvgIpc) is 2.90. The van der Waals surface area contributed by atoms with E-state index < -0.39 is 17.8 Å². The number of alkyl halides is 3. The van der Waals surface area contributed by atoms with E-state index in [4.69, 9.17) is 4.74 Å². The van der Waals surface area contributed by atoms with Crippen molar-refractivity contribution in [3.05, 3.63) is 53.6 Å². The first-order valence-corrected chi connectivity index (χ1v) is 5.75. The van der Waals surface area contributed by atoms with Gasteiger partial charge >= 0.3 is 6.18 Å². The molecule has 1 aromatic heterocycles. The van der Waals surface area contributed by atoms with Gasteiger partial charge in [-0.1, -0.05) is 18.2 Å². The molecule has 20 heavy (non-hydrogen) atoms. The molecule has 0 saturated heterocycles. The molecule has 1 N–H and O–H groups in total. The highest BCUT2D eigenvalue weighted by molar-refractivity contribution is 5.40. The van der Waals surface area contributed by atoms with Crippen molar-refractivity contribution in [1.82, 2.24) is 9.97 Å². The van der Waals surface area contributed by atoms with Gasteiger partial charge in [0, 0.05) is 23.9 Å². The fourth-order valence-electron chi connectivity index (χ4n) is 1.93. The van der Waals surface area contributed by atoms with Gasteiger partial charge in [-0.2, -0.15) is 13.2 Å². The van der Waals surface area contributed by atoms with Crippen LogP contribution in [0.3, 0.4) is 0 Å². The molecule has 1 atom stereocenters. The lowest BCUT2D eigenvalue weighted by Crippen LogP contribution is -2.15. The summed E-state index contributed by atoms with van der Waals surface area (Å²) in [5.41, 5.74) is -0.318. The number of carbonyl (C=O) groups is 1. The normalized spacial score (nSPS) is 12.9. The van der Waals surface area contributed by atoms with Gasteiger partial charge in [-0.15, -0.1) is 0 Å². The van der Waals surface area contributed by atoms with Crippen molar-refractivity contribution in [3.8, 4) is 0 Å². The van der Waals surface area contributed by atoms with Crippen molar-refractivity contribution in [2.45, 2.75) is 18.7 Å². The number of nitrogens with zero attached hydrogens (tertiary/aromatic N) is 1. The lowest BCUT2D eigenvalue weighted by Gasteiger charge is -2.19. The Morgan fingerprint density at radius 3 is 2.70 bits per heavy atom. The third-order valence-electron chi connectivity index (χ3n) is 2.79. The molecule has 1 aromatic carbocycles. The lowest BCUT2D eigenvalue weighted by molar-refractivity contribution is -0.143. The molecule has 0 aliphatic carbocycles. The highest BCUT2D eigenvalue weighted by atomic mass is 19.4. The number of hydrogen-bond acceptors (Lipinski definition) is 3. The van der Waals surface area contributed by atoms with E-state index in [1.807, 2.05) is 0 Å². The average molecular weight is 284 g/mol. The second kappa shape index (κ2) is 5.77. The third kappa shape index (κ3) is 3.17. The van der Waals surface area contributed by atoms with Crippen LogP contribution >= 0.6 is 0 Å². The summed E-state index contributed by atoms with van der Waals surface area (Å²) >= 11 is 0. The monoisotopic (exact) mass is 284 g/mol. The molecule has 0 amide bonds. The molecule has 4 nitrogen and oxygen atoms in total. The fraction of sp³-hybridized carbons (Fsp3) is 0.231. The zero-order chi connectivity index (χ0) is 14.6. The maximum absolute atomic E-state index is 13.0. The number of imidazole rings is 1. The van der Waals surface area contributed by atoms with E-state index in [2.05, 4.69) is 9.97 Å². The Bertz CT molecular complexity index is 567. The topological polar surface area (TPSA) is 55.0 Å². The summed E-state index contributed by atoms with van der Waals surface area (Å²) in [5.74, 6) is 0. The molecule has 2 aromatic rings. The number of ether oxygens (including phenoxy) is 1. The third-order valence-corrected chi connectivity index (χ3v) is 2.79. The molecule has 0 spiro atoms. The molecule has 0 aliphatic rings. The number of benzene rings is 1. The van der Waals surface area contributed by atoms with Gasteiger partial charge in [0.2, 0.25) is 0 Å². The van der Waals surface area contributed by atoms with E-state index >= 15 is 0 Å². The van der Waals surface area contributed by atoms with E-state index in [0.29, 0.717) is 5.69 Å². The molecule has 2 rings (SSSR count). The van der Waals surface area contributed by atoms with Gasteiger partial charge in [0.05, 0.1) is 11.9 Å². The van der Waals surface area contributed by atoms with Crippen molar-refractivity contribution < 1.29 is 22.7 Å². The molecule has 1 unspecified atom stereocenters. The first-order chi connectivity index (χ1) is 9.52. The summed E-state index contributed by atoms with van der Waals surface area (Å²) in [6.07, 6.45) is -2.56. The largest absolute Gasteiger partial charge is 0.459 e. The smallest absolute Gasteiger partial charge is 0.416 e. The van der Waals surface area contributed by atoms with Crippen molar-refractivity contribution in [1.29, 1.82) is 0 Å². The predicted octanol–water partition coefficient (Wildman–Crippen LogP) is 2.89. The van der Waals surface area contributed by atoms with Crippen LogP contribution in [-0.4, -0.2) is 16.4 Å². The summed E-state index contributed by atoms with van der Waals surface area (Å²) in [6, 6.07) is 5.02. The van der Waals surface area contributed by atoms with Crippen molar-refractivity contribution in [2.24, 2.45) is 0 Å². The highest BCUT2D eigenvalue weighted by Crippen LogP contribution is 2.36. The molecule has 1 heterocycles. The number of nitrogens with one attached hydrogen (secondary N) is 1. The minimum absolute atomic E-state index is 0.0818. The first-order valence-electron chi connectivity index (χ1n) is 5.75. The number of hydrogen-bond donors (Lipinski definition) is 1. The van der Waals surface area contributed by atoms with Gasteiger partial charge in [0.1, 0.15) is 6.10 Å². The van der Waals surface area contributed by atoms with Gasteiger partial charge in [0.25, 0.3) is 6.47 Å². The lowest BCUT2D eigenvalue weighted by atomic mass is 9.98. The molecule has 7 heteroatoms.